The third-order valence-corrected chi connectivity index (χ3v) is 5.09. The molecule has 1 heterocycles. The molecule has 2 atom stereocenters. The predicted molar refractivity (Wildman–Crippen MR) is 112 cm³/mol. The Morgan fingerprint density at radius 2 is 1.68 bits per heavy atom. The van der Waals surface area contributed by atoms with E-state index in [4.69, 9.17) is 11.6 Å². The summed E-state index contributed by atoms with van der Waals surface area (Å²) in [5, 5.41) is 6.77. The molecule has 2 amide bonds. The van der Waals surface area contributed by atoms with Gasteiger partial charge in [0.15, 0.2) is 13.1 Å². The van der Waals surface area contributed by atoms with Gasteiger partial charge in [0.1, 0.15) is 13.1 Å². The van der Waals surface area contributed by atoms with Gasteiger partial charge in [0.05, 0.1) is 13.1 Å². The van der Waals surface area contributed by atoms with Crippen LogP contribution in [0.25, 0.3) is 0 Å². The van der Waals surface area contributed by atoms with Crippen LogP contribution in [0.2, 0.25) is 5.02 Å². The number of carbonyl (C=O) groups excluding carboxylic acids is 2. The summed E-state index contributed by atoms with van der Waals surface area (Å²) < 4.78 is 0. The minimum Gasteiger partial charge on any atom is -0.351 e. The summed E-state index contributed by atoms with van der Waals surface area (Å²) in [5.74, 6) is 0.190. The lowest BCUT2D eigenvalue weighted by Crippen LogP contribution is -3.18. The van der Waals surface area contributed by atoms with E-state index in [-0.39, 0.29) is 17.4 Å². The molecule has 156 valence electrons. The Bertz CT molecular complexity index is 660. The van der Waals surface area contributed by atoms with Crippen LogP contribution in [0.3, 0.4) is 0 Å². The van der Waals surface area contributed by atoms with E-state index >= 15 is 0 Å². The average Bonchev–Trinajstić information content (AvgIpc) is 2.78. The van der Waals surface area contributed by atoms with Gasteiger partial charge in [-0.1, -0.05) is 23.7 Å². The zero-order valence-electron chi connectivity index (χ0n) is 17.4. The molecule has 1 fully saturated rings. The Morgan fingerprint density at radius 3 is 2.29 bits per heavy atom. The molecule has 1 aliphatic rings. The van der Waals surface area contributed by atoms with Gasteiger partial charge in [-0.2, -0.15) is 0 Å². The van der Waals surface area contributed by atoms with Crippen molar-refractivity contribution in [3.63, 3.8) is 0 Å². The number of hydrogen-bond acceptors (Lipinski definition) is 2. The van der Waals surface area contributed by atoms with E-state index in [1.165, 1.54) is 9.80 Å². The number of amides is 2. The summed E-state index contributed by atoms with van der Waals surface area (Å²) in [6.45, 7) is 11.4. The maximum absolute atomic E-state index is 12.3. The van der Waals surface area contributed by atoms with Gasteiger partial charge in [0, 0.05) is 23.5 Å². The molecular formula is C21H35ClN4O2+2. The molecule has 28 heavy (non-hydrogen) atoms. The molecule has 4 N–H and O–H groups in total. The minimum absolute atomic E-state index is 0.0888. The van der Waals surface area contributed by atoms with Gasteiger partial charge in [-0.05, 0) is 44.9 Å². The molecular weight excluding hydrogens is 376 g/mol. The Kier molecular flexibility index (Phi) is 8.73. The number of nitrogens with one attached hydrogen (secondary N) is 4. The van der Waals surface area contributed by atoms with Crippen LogP contribution in [0.1, 0.15) is 32.8 Å². The summed E-state index contributed by atoms with van der Waals surface area (Å²) in [4.78, 5) is 27.0. The van der Waals surface area contributed by atoms with E-state index in [1.807, 2.05) is 45.0 Å². The first-order valence-corrected chi connectivity index (χ1v) is 10.6. The van der Waals surface area contributed by atoms with Crippen LogP contribution in [0.5, 0.6) is 0 Å². The Hall–Kier alpha value is -1.63. The van der Waals surface area contributed by atoms with E-state index in [0.717, 1.165) is 49.6 Å². The van der Waals surface area contributed by atoms with Gasteiger partial charge in [-0.15, -0.1) is 0 Å². The summed E-state index contributed by atoms with van der Waals surface area (Å²) in [6.07, 6.45) is 1.81. The molecule has 1 saturated heterocycles. The molecule has 0 aliphatic carbocycles. The van der Waals surface area contributed by atoms with Crippen LogP contribution in [0.4, 0.5) is 0 Å². The highest BCUT2D eigenvalue weighted by Gasteiger charge is 2.25. The number of rotatable bonds is 7. The number of benzene rings is 1. The number of carbonyl (C=O) groups is 2. The normalized spacial score (nSPS) is 20.3. The van der Waals surface area contributed by atoms with Gasteiger partial charge in [0.2, 0.25) is 0 Å². The van der Waals surface area contributed by atoms with E-state index in [0.29, 0.717) is 19.6 Å². The molecule has 2 rings (SSSR count). The van der Waals surface area contributed by atoms with Crippen LogP contribution in [0, 0.1) is 0 Å². The van der Waals surface area contributed by atoms with Crippen molar-refractivity contribution in [2.45, 2.75) is 39.2 Å². The second kappa shape index (κ2) is 10.8. The zero-order valence-corrected chi connectivity index (χ0v) is 18.1. The maximum atomic E-state index is 12.3. The highest BCUT2D eigenvalue weighted by atomic mass is 35.5. The maximum Gasteiger partial charge on any atom is 0.275 e. The van der Waals surface area contributed by atoms with E-state index in [1.54, 1.807) is 0 Å². The standard InChI is InChI=1S/C21H33ClN4O2/c1-21(2,3)24-20(28)16-26-11-5-10-25(12-13-26)15-19(27)23-9-8-17-6-4-7-18(22)14-17/h4,6-7,14H,5,8-13,15-16H2,1-3H3,(H,23,27)(H,24,28)/p+2. The van der Waals surface area contributed by atoms with Crippen molar-refractivity contribution in [2.75, 3.05) is 45.8 Å². The first-order valence-electron chi connectivity index (χ1n) is 10.2. The second-order valence-corrected chi connectivity index (χ2v) is 9.17. The molecule has 2 unspecified atom stereocenters. The van der Waals surface area contributed by atoms with Crippen molar-refractivity contribution in [1.29, 1.82) is 0 Å². The highest BCUT2D eigenvalue weighted by molar-refractivity contribution is 6.30. The quantitative estimate of drug-likeness (QED) is 0.470. The second-order valence-electron chi connectivity index (χ2n) is 8.74. The number of quaternary nitrogens is 2. The summed E-state index contributed by atoms with van der Waals surface area (Å²) in [7, 11) is 0. The van der Waals surface area contributed by atoms with Crippen molar-refractivity contribution >= 4 is 23.4 Å². The summed E-state index contributed by atoms with van der Waals surface area (Å²) >= 11 is 5.99. The average molecular weight is 411 g/mol. The Morgan fingerprint density at radius 1 is 1.04 bits per heavy atom. The third-order valence-electron chi connectivity index (χ3n) is 4.85. The first kappa shape index (κ1) is 22.7. The van der Waals surface area contributed by atoms with Crippen LogP contribution in [-0.4, -0.2) is 63.2 Å². The van der Waals surface area contributed by atoms with Crippen LogP contribution in [0.15, 0.2) is 24.3 Å². The molecule has 0 aromatic heterocycles. The van der Waals surface area contributed by atoms with Crippen molar-refractivity contribution in [3.8, 4) is 0 Å². The van der Waals surface area contributed by atoms with E-state index < -0.39 is 0 Å². The summed E-state index contributed by atoms with van der Waals surface area (Å²) in [6, 6.07) is 7.73. The summed E-state index contributed by atoms with van der Waals surface area (Å²) in [5.41, 5.74) is 0.936. The fourth-order valence-electron chi connectivity index (χ4n) is 3.56. The van der Waals surface area contributed by atoms with Crippen molar-refractivity contribution < 1.29 is 19.4 Å². The topological polar surface area (TPSA) is 67.1 Å². The van der Waals surface area contributed by atoms with Gasteiger partial charge in [0.25, 0.3) is 11.8 Å². The lowest BCUT2D eigenvalue weighted by atomic mass is 10.1. The smallest absolute Gasteiger partial charge is 0.275 e. The number of halogens is 1. The predicted octanol–water partition coefficient (Wildman–Crippen LogP) is -0.913. The van der Waals surface area contributed by atoms with Crippen LogP contribution < -0.4 is 20.4 Å². The lowest BCUT2D eigenvalue weighted by Gasteiger charge is -2.22. The fraction of sp³-hybridized carbons (Fsp3) is 0.619. The molecule has 0 bridgehead atoms. The Labute approximate surface area is 173 Å². The van der Waals surface area contributed by atoms with Gasteiger partial charge < -0.3 is 20.4 Å². The molecule has 0 radical (unpaired) electrons. The lowest BCUT2D eigenvalue weighted by molar-refractivity contribution is -0.930. The van der Waals surface area contributed by atoms with E-state index in [9.17, 15) is 9.59 Å². The van der Waals surface area contributed by atoms with Crippen molar-refractivity contribution in [2.24, 2.45) is 0 Å². The Balaban J connectivity index is 1.67. The molecule has 7 heteroatoms. The molecule has 0 saturated carbocycles. The fourth-order valence-corrected chi connectivity index (χ4v) is 3.78. The monoisotopic (exact) mass is 410 g/mol. The molecule has 0 spiro atoms. The molecule has 1 aromatic carbocycles. The van der Waals surface area contributed by atoms with Crippen LogP contribution in [-0.2, 0) is 16.0 Å². The first-order chi connectivity index (χ1) is 13.2. The minimum atomic E-state index is -0.192. The van der Waals surface area contributed by atoms with Crippen LogP contribution >= 0.6 is 11.6 Å². The van der Waals surface area contributed by atoms with E-state index in [2.05, 4.69) is 10.6 Å². The van der Waals surface area contributed by atoms with Crippen molar-refractivity contribution in [1.82, 2.24) is 10.6 Å². The van der Waals surface area contributed by atoms with Gasteiger partial charge in [-0.25, -0.2) is 0 Å². The van der Waals surface area contributed by atoms with Crippen molar-refractivity contribution in [3.05, 3.63) is 34.9 Å². The molecule has 1 aromatic rings. The third kappa shape index (κ3) is 9.04. The SMILES string of the molecule is CC(C)(C)NC(=O)C[NH+]1CCC[NH+](CC(=O)NCCc2cccc(Cl)c2)CC1. The molecule has 1 aliphatic heterocycles. The molecule has 6 nitrogen and oxygen atoms in total. The zero-order chi connectivity index (χ0) is 20.6. The largest absolute Gasteiger partial charge is 0.351 e. The number of hydrogen-bond donors (Lipinski definition) is 4. The highest BCUT2D eigenvalue weighted by Crippen LogP contribution is 2.10. The van der Waals surface area contributed by atoms with Gasteiger partial charge >= 0.3 is 0 Å². The van der Waals surface area contributed by atoms with Gasteiger partial charge in [-0.3, -0.25) is 9.59 Å².